The molecule has 102 valence electrons. The molecule has 1 N–H and O–H groups in total. The van der Waals surface area contributed by atoms with Gasteiger partial charge in [-0.2, -0.15) is 8.42 Å². The second kappa shape index (κ2) is 4.63. The van der Waals surface area contributed by atoms with E-state index in [4.69, 9.17) is 14.0 Å². The number of cyclic esters (lactones) is 2. The van der Waals surface area contributed by atoms with E-state index in [1.807, 2.05) is 0 Å². The number of esters is 2. The lowest BCUT2D eigenvalue weighted by Crippen LogP contribution is -2.20. The number of ether oxygens (including phenoxy) is 2. The van der Waals surface area contributed by atoms with Crippen molar-refractivity contribution in [2.45, 2.75) is 17.9 Å². The van der Waals surface area contributed by atoms with Crippen LogP contribution in [0.3, 0.4) is 0 Å². The molecule has 0 aliphatic carbocycles. The molecule has 0 saturated heterocycles. The van der Waals surface area contributed by atoms with Gasteiger partial charge in [0.15, 0.2) is 0 Å². The second-order valence-electron chi connectivity index (χ2n) is 4.04. The van der Waals surface area contributed by atoms with Crippen LogP contribution in [0, 0.1) is 0 Å². The first-order chi connectivity index (χ1) is 8.77. The Kier molecular flexibility index (Phi) is 3.29. The van der Waals surface area contributed by atoms with Gasteiger partial charge in [0.1, 0.15) is 12.7 Å². The van der Waals surface area contributed by atoms with Crippen LogP contribution < -0.4 is 0 Å². The molecule has 19 heavy (non-hydrogen) atoms. The molecule has 1 aromatic carbocycles. The van der Waals surface area contributed by atoms with Crippen molar-refractivity contribution in [3.05, 3.63) is 29.3 Å². The number of carbonyl (C=O) groups excluding carboxylic acids is 2. The zero-order chi connectivity index (χ0) is 14.2. The molecule has 1 aromatic rings. The van der Waals surface area contributed by atoms with Gasteiger partial charge in [-0.15, -0.1) is 0 Å². The molecule has 0 spiro atoms. The first kappa shape index (κ1) is 13.5. The lowest BCUT2D eigenvalue weighted by Gasteiger charge is -2.11. The first-order valence-corrected chi connectivity index (χ1v) is 6.72. The number of fused-ring (bicyclic) bond motifs is 2. The van der Waals surface area contributed by atoms with Crippen LogP contribution in [0.5, 0.6) is 0 Å². The largest absolute Gasteiger partial charge is 0.458 e. The van der Waals surface area contributed by atoms with E-state index in [1.54, 1.807) is 0 Å². The highest BCUT2D eigenvalue weighted by atomic mass is 32.2. The van der Waals surface area contributed by atoms with E-state index in [-0.39, 0.29) is 17.7 Å². The molecular formula is C11H10O7S. The maximum atomic E-state index is 11.7. The summed E-state index contributed by atoms with van der Waals surface area (Å²) in [6.45, 7) is 1.40. The fourth-order valence-corrected chi connectivity index (χ4v) is 2.10. The molecule has 0 aromatic heterocycles. The van der Waals surface area contributed by atoms with E-state index in [2.05, 4.69) is 0 Å². The Morgan fingerprint density at radius 3 is 2.32 bits per heavy atom. The SMILES string of the molecule is CC1COC(=O)c2cc(cc(S(=O)(=O)O)c2)C(=O)O1. The van der Waals surface area contributed by atoms with Gasteiger partial charge < -0.3 is 9.47 Å². The zero-order valence-electron chi connectivity index (χ0n) is 9.82. The number of rotatable bonds is 1. The van der Waals surface area contributed by atoms with Gasteiger partial charge in [-0.3, -0.25) is 4.55 Å². The van der Waals surface area contributed by atoms with Crippen LogP contribution in [0.1, 0.15) is 27.6 Å². The molecule has 1 aliphatic heterocycles. The van der Waals surface area contributed by atoms with Crippen LogP contribution in [-0.2, 0) is 19.6 Å². The van der Waals surface area contributed by atoms with Crippen LogP contribution in [0.15, 0.2) is 23.1 Å². The van der Waals surface area contributed by atoms with E-state index >= 15 is 0 Å². The molecule has 8 heteroatoms. The predicted octanol–water partition coefficient (Wildman–Crippen LogP) is 0.649. The topological polar surface area (TPSA) is 107 Å². The highest BCUT2D eigenvalue weighted by molar-refractivity contribution is 7.85. The van der Waals surface area contributed by atoms with E-state index in [0.29, 0.717) is 0 Å². The lowest BCUT2D eigenvalue weighted by molar-refractivity contribution is 0.00556. The smallest absolute Gasteiger partial charge is 0.338 e. The Labute approximate surface area is 108 Å². The Balaban J connectivity index is 2.62. The molecule has 1 atom stereocenters. The number of benzene rings is 1. The molecule has 0 saturated carbocycles. The minimum Gasteiger partial charge on any atom is -0.458 e. The van der Waals surface area contributed by atoms with E-state index < -0.39 is 33.1 Å². The molecule has 0 amide bonds. The molecular weight excluding hydrogens is 276 g/mol. The van der Waals surface area contributed by atoms with Gasteiger partial charge in [-0.1, -0.05) is 0 Å². The maximum Gasteiger partial charge on any atom is 0.338 e. The van der Waals surface area contributed by atoms with Crippen LogP contribution >= 0.6 is 0 Å². The van der Waals surface area contributed by atoms with E-state index in [0.717, 1.165) is 18.2 Å². The van der Waals surface area contributed by atoms with Gasteiger partial charge in [-0.05, 0) is 25.1 Å². The maximum absolute atomic E-state index is 11.7. The molecule has 0 fully saturated rings. The molecule has 7 nitrogen and oxygen atoms in total. The summed E-state index contributed by atoms with van der Waals surface area (Å²) in [6, 6.07) is 3.02. The number of carbonyl (C=O) groups is 2. The molecule has 0 radical (unpaired) electrons. The highest BCUT2D eigenvalue weighted by Gasteiger charge is 2.23. The normalized spacial score (nSPS) is 19.8. The standard InChI is InChI=1S/C11H10O7S/c1-6-5-17-10(12)7-2-8(11(13)18-6)4-9(3-7)19(14,15)16/h2-4,6H,5H2,1H3,(H,14,15,16). The van der Waals surface area contributed by atoms with Crippen molar-refractivity contribution in [1.82, 2.24) is 0 Å². The molecule has 1 heterocycles. The van der Waals surface area contributed by atoms with Gasteiger partial charge >= 0.3 is 11.9 Å². The highest BCUT2D eigenvalue weighted by Crippen LogP contribution is 2.19. The van der Waals surface area contributed by atoms with Crippen molar-refractivity contribution in [3.8, 4) is 0 Å². The molecule has 2 bridgehead atoms. The third kappa shape index (κ3) is 2.91. The van der Waals surface area contributed by atoms with Gasteiger partial charge in [-0.25, -0.2) is 9.59 Å². The van der Waals surface area contributed by atoms with Crippen LogP contribution in [0.2, 0.25) is 0 Å². The zero-order valence-corrected chi connectivity index (χ0v) is 10.6. The molecule has 1 aliphatic rings. The fourth-order valence-electron chi connectivity index (χ4n) is 1.54. The average molecular weight is 286 g/mol. The number of hydrogen-bond acceptors (Lipinski definition) is 6. The van der Waals surface area contributed by atoms with Gasteiger partial charge in [0.2, 0.25) is 0 Å². The average Bonchev–Trinajstić information content (AvgIpc) is 2.36. The third-order valence-corrected chi connectivity index (χ3v) is 3.26. The molecule has 2 rings (SSSR count). The van der Waals surface area contributed by atoms with Gasteiger partial charge in [0.25, 0.3) is 10.1 Å². The Bertz CT molecular complexity index is 647. The summed E-state index contributed by atoms with van der Waals surface area (Å²) in [4.78, 5) is 22.8. The predicted molar refractivity (Wildman–Crippen MR) is 61.4 cm³/mol. The van der Waals surface area contributed by atoms with Crippen molar-refractivity contribution >= 4 is 22.1 Å². The van der Waals surface area contributed by atoms with Crippen LogP contribution in [0.4, 0.5) is 0 Å². The summed E-state index contributed by atoms with van der Waals surface area (Å²) in [5.74, 6) is -1.59. The summed E-state index contributed by atoms with van der Waals surface area (Å²) in [5.41, 5.74) is -0.285. The van der Waals surface area contributed by atoms with Crippen LogP contribution in [-0.4, -0.2) is 37.6 Å². The van der Waals surface area contributed by atoms with Crippen LogP contribution in [0.25, 0.3) is 0 Å². The van der Waals surface area contributed by atoms with Gasteiger partial charge in [0, 0.05) is 0 Å². The van der Waals surface area contributed by atoms with E-state index in [1.165, 1.54) is 6.92 Å². The first-order valence-electron chi connectivity index (χ1n) is 5.28. The summed E-state index contributed by atoms with van der Waals surface area (Å²) in [7, 11) is -4.54. The second-order valence-corrected chi connectivity index (χ2v) is 5.46. The summed E-state index contributed by atoms with van der Waals surface area (Å²) < 4.78 is 40.9. The minimum absolute atomic E-state index is 0.135. The Morgan fingerprint density at radius 1 is 1.16 bits per heavy atom. The lowest BCUT2D eigenvalue weighted by atomic mass is 10.1. The van der Waals surface area contributed by atoms with Crippen molar-refractivity contribution in [2.24, 2.45) is 0 Å². The van der Waals surface area contributed by atoms with Crippen molar-refractivity contribution in [1.29, 1.82) is 0 Å². The quantitative estimate of drug-likeness (QED) is 0.596. The Morgan fingerprint density at radius 2 is 1.74 bits per heavy atom. The minimum atomic E-state index is -4.54. The fraction of sp³-hybridized carbons (Fsp3) is 0.273. The Hall–Kier alpha value is -1.93. The summed E-state index contributed by atoms with van der Waals surface area (Å²) >= 11 is 0. The van der Waals surface area contributed by atoms with Gasteiger partial charge in [0.05, 0.1) is 16.0 Å². The third-order valence-electron chi connectivity index (χ3n) is 2.43. The van der Waals surface area contributed by atoms with E-state index in [9.17, 15) is 18.0 Å². The van der Waals surface area contributed by atoms with Crippen molar-refractivity contribution < 1.29 is 32.0 Å². The monoisotopic (exact) mass is 286 g/mol. The van der Waals surface area contributed by atoms with Crippen molar-refractivity contribution in [3.63, 3.8) is 0 Å². The summed E-state index contributed by atoms with van der Waals surface area (Å²) in [6.07, 6.45) is -0.653. The molecule has 1 unspecified atom stereocenters. The number of hydrogen-bond donors (Lipinski definition) is 1. The summed E-state index contributed by atoms with van der Waals surface area (Å²) in [5, 5.41) is 0. The van der Waals surface area contributed by atoms with Crippen molar-refractivity contribution in [2.75, 3.05) is 6.61 Å².